The van der Waals surface area contributed by atoms with Gasteiger partial charge in [0.1, 0.15) is 6.33 Å². The standard InChI is InChI=1S/C6H8N6/c1-7-5-4-6(9-3-8-5)11-12(2)10-4/h3H,1-2H3,(H,7,8,9,11). The second-order valence-electron chi connectivity index (χ2n) is 2.33. The smallest absolute Gasteiger partial charge is 0.207 e. The molecule has 0 aliphatic rings. The van der Waals surface area contributed by atoms with Crippen LogP contribution < -0.4 is 5.32 Å². The van der Waals surface area contributed by atoms with Crippen molar-refractivity contribution in [1.29, 1.82) is 0 Å². The van der Waals surface area contributed by atoms with Gasteiger partial charge < -0.3 is 5.32 Å². The van der Waals surface area contributed by atoms with E-state index >= 15 is 0 Å². The number of aryl methyl sites for hydroxylation is 1. The van der Waals surface area contributed by atoms with Crippen LogP contribution in [0.1, 0.15) is 0 Å². The Balaban J connectivity index is 2.78. The molecule has 0 saturated heterocycles. The van der Waals surface area contributed by atoms with Crippen molar-refractivity contribution in [3.63, 3.8) is 0 Å². The quantitative estimate of drug-likeness (QED) is 0.632. The highest BCUT2D eigenvalue weighted by atomic mass is 15.5. The molecule has 6 heteroatoms. The van der Waals surface area contributed by atoms with Crippen LogP contribution in [0.2, 0.25) is 0 Å². The maximum absolute atomic E-state index is 4.10. The Labute approximate surface area is 68.6 Å². The Morgan fingerprint density at radius 3 is 2.92 bits per heavy atom. The fourth-order valence-corrected chi connectivity index (χ4v) is 1.02. The second-order valence-corrected chi connectivity index (χ2v) is 2.33. The molecule has 0 radical (unpaired) electrons. The molecule has 2 aromatic rings. The number of hydrogen-bond donors (Lipinski definition) is 1. The Morgan fingerprint density at radius 2 is 2.17 bits per heavy atom. The fourth-order valence-electron chi connectivity index (χ4n) is 1.02. The summed E-state index contributed by atoms with van der Waals surface area (Å²) in [6.07, 6.45) is 1.46. The number of nitrogens with zero attached hydrogens (tertiary/aromatic N) is 5. The number of aromatic nitrogens is 5. The molecule has 0 spiro atoms. The second kappa shape index (κ2) is 2.40. The topological polar surface area (TPSA) is 68.5 Å². The highest BCUT2D eigenvalue weighted by molar-refractivity contribution is 5.81. The van der Waals surface area contributed by atoms with Crippen LogP contribution in [0.25, 0.3) is 11.2 Å². The average Bonchev–Trinajstić information content (AvgIpc) is 2.44. The average molecular weight is 164 g/mol. The van der Waals surface area contributed by atoms with Crippen molar-refractivity contribution < 1.29 is 0 Å². The third-order valence-corrected chi connectivity index (χ3v) is 1.52. The Kier molecular flexibility index (Phi) is 1.39. The van der Waals surface area contributed by atoms with E-state index < -0.39 is 0 Å². The van der Waals surface area contributed by atoms with Crippen molar-refractivity contribution in [3.05, 3.63) is 6.33 Å². The summed E-state index contributed by atoms with van der Waals surface area (Å²) >= 11 is 0. The van der Waals surface area contributed by atoms with E-state index in [4.69, 9.17) is 0 Å². The summed E-state index contributed by atoms with van der Waals surface area (Å²) in [5.74, 6) is 0.702. The van der Waals surface area contributed by atoms with Gasteiger partial charge in [-0.3, -0.25) is 0 Å². The number of rotatable bonds is 1. The van der Waals surface area contributed by atoms with E-state index in [1.807, 2.05) is 0 Å². The molecule has 6 nitrogen and oxygen atoms in total. The van der Waals surface area contributed by atoms with Gasteiger partial charge >= 0.3 is 0 Å². The lowest BCUT2D eigenvalue weighted by atomic mass is 10.5. The van der Waals surface area contributed by atoms with Gasteiger partial charge in [-0.1, -0.05) is 0 Å². The molecular weight excluding hydrogens is 156 g/mol. The number of anilines is 1. The van der Waals surface area contributed by atoms with Crippen LogP contribution in [0.15, 0.2) is 6.33 Å². The molecule has 0 aliphatic heterocycles. The normalized spacial score (nSPS) is 10.5. The number of fused-ring (bicyclic) bond motifs is 1. The van der Waals surface area contributed by atoms with Crippen LogP contribution in [-0.4, -0.2) is 32.0 Å². The van der Waals surface area contributed by atoms with Gasteiger partial charge in [0.05, 0.1) is 0 Å². The molecule has 0 fully saturated rings. The number of nitrogens with one attached hydrogen (secondary N) is 1. The van der Waals surface area contributed by atoms with Gasteiger partial charge in [0.15, 0.2) is 11.3 Å². The fraction of sp³-hybridized carbons (Fsp3) is 0.333. The molecule has 1 N–H and O–H groups in total. The number of hydrogen-bond acceptors (Lipinski definition) is 5. The van der Waals surface area contributed by atoms with Gasteiger partial charge in [-0.15, -0.1) is 10.2 Å². The van der Waals surface area contributed by atoms with E-state index in [-0.39, 0.29) is 0 Å². The van der Waals surface area contributed by atoms with Crippen molar-refractivity contribution in [3.8, 4) is 0 Å². The Morgan fingerprint density at radius 1 is 1.33 bits per heavy atom. The zero-order valence-corrected chi connectivity index (χ0v) is 6.81. The summed E-state index contributed by atoms with van der Waals surface area (Å²) in [4.78, 5) is 9.44. The Hall–Kier alpha value is -1.72. The minimum Gasteiger partial charge on any atom is -0.371 e. The minimum atomic E-state index is 0.608. The first kappa shape index (κ1) is 6.96. The first-order valence-electron chi connectivity index (χ1n) is 3.51. The summed E-state index contributed by atoms with van der Waals surface area (Å²) in [6, 6.07) is 0. The molecule has 0 aliphatic carbocycles. The van der Waals surface area contributed by atoms with Gasteiger partial charge in [-0.25, -0.2) is 9.97 Å². The van der Waals surface area contributed by atoms with Gasteiger partial charge in [-0.2, -0.15) is 4.80 Å². The largest absolute Gasteiger partial charge is 0.371 e. The van der Waals surface area contributed by atoms with Crippen LogP contribution >= 0.6 is 0 Å². The molecule has 12 heavy (non-hydrogen) atoms. The van der Waals surface area contributed by atoms with E-state index in [1.165, 1.54) is 11.1 Å². The first-order valence-corrected chi connectivity index (χ1v) is 3.51. The molecule has 0 saturated carbocycles. The summed E-state index contributed by atoms with van der Waals surface area (Å²) < 4.78 is 0. The van der Waals surface area contributed by atoms with E-state index in [2.05, 4.69) is 25.5 Å². The lowest BCUT2D eigenvalue weighted by Gasteiger charge is -1.94. The molecule has 2 rings (SSSR count). The zero-order valence-electron chi connectivity index (χ0n) is 6.81. The predicted molar refractivity (Wildman–Crippen MR) is 43.6 cm³/mol. The van der Waals surface area contributed by atoms with Gasteiger partial charge in [0, 0.05) is 14.1 Å². The molecule has 2 heterocycles. The first-order chi connectivity index (χ1) is 5.81. The molecule has 62 valence electrons. The van der Waals surface area contributed by atoms with Gasteiger partial charge in [0.25, 0.3) is 0 Å². The molecule has 0 atom stereocenters. The predicted octanol–water partition coefficient (Wildman–Crippen LogP) is -0.200. The van der Waals surface area contributed by atoms with Crippen molar-refractivity contribution in [2.45, 2.75) is 0 Å². The molecule has 0 bridgehead atoms. The van der Waals surface area contributed by atoms with Gasteiger partial charge in [0.2, 0.25) is 5.65 Å². The lowest BCUT2D eigenvalue weighted by molar-refractivity contribution is 0.663. The summed E-state index contributed by atoms with van der Waals surface area (Å²) in [5, 5.41) is 11.1. The zero-order chi connectivity index (χ0) is 8.55. The van der Waals surface area contributed by atoms with Crippen molar-refractivity contribution >= 4 is 17.0 Å². The van der Waals surface area contributed by atoms with Gasteiger partial charge in [-0.05, 0) is 0 Å². The highest BCUT2D eigenvalue weighted by Gasteiger charge is 2.06. The lowest BCUT2D eigenvalue weighted by Crippen LogP contribution is -1.94. The van der Waals surface area contributed by atoms with Crippen LogP contribution in [-0.2, 0) is 7.05 Å². The van der Waals surface area contributed by atoms with E-state index in [9.17, 15) is 0 Å². The van der Waals surface area contributed by atoms with Crippen molar-refractivity contribution in [2.75, 3.05) is 12.4 Å². The molecule has 0 unspecified atom stereocenters. The summed E-state index contributed by atoms with van der Waals surface area (Å²) in [5.41, 5.74) is 1.30. The Bertz CT molecular complexity index is 405. The molecule has 0 aromatic carbocycles. The maximum Gasteiger partial charge on any atom is 0.207 e. The minimum absolute atomic E-state index is 0.608. The summed E-state index contributed by atoms with van der Waals surface area (Å²) in [7, 11) is 3.54. The van der Waals surface area contributed by atoms with Crippen LogP contribution in [0, 0.1) is 0 Å². The van der Waals surface area contributed by atoms with Crippen LogP contribution in [0.3, 0.4) is 0 Å². The van der Waals surface area contributed by atoms with E-state index in [0.29, 0.717) is 17.0 Å². The van der Waals surface area contributed by atoms with E-state index in [0.717, 1.165) is 0 Å². The maximum atomic E-state index is 4.10. The van der Waals surface area contributed by atoms with Crippen molar-refractivity contribution in [2.24, 2.45) is 7.05 Å². The summed E-state index contributed by atoms with van der Waals surface area (Å²) in [6.45, 7) is 0. The monoisotopic (exact) mass is 164 g/mol. The molecule has 2 aromatic heterocycles. The SMILES string of the molecule is CNc1ncnc2nn(C)nc12. The third kappa shape index (κ3) is 0.884. The van der Waals surface area contributed by atoms with Crippen molar-refractivity contribution in [1.82, 2.24) is 25.0 Å². The molecular formula is C6H8N6. The highest BCUT2D eigenvalue weighted by Crippen LogP contribution is 2.12. The van der Waals surface area contributed by atoms with Crippen LogP contribution in [0.5, 0.6) is 0 Å². The molecule has 0 amide bonds. The van der Waals surface area contributed by atoms with Crippen LogP contribution in [0.4, 0.5) is 5.82 Å². The van der Waals surface area contributed by atoms with E-state index in [1.54, 1.807) is 14.1 Å². The third-order valence-electron chi connectivity index (χ3n) is 1.52.